The van der Waals surface area contributed by atoms with Gasteiger partial charge in [0.1, 0.15) is 16.5 Å². The van der Waals surface area contributed by atoms with E-state index in [1.165, 1.54) is 42.8 Å². The van der Waals surface area contributed by atoms with Gasteiger partial charge in [-0.3, -0.25) is 4.79 Å². The van der Waals surface area contributed by atoms with Crippen LogP contribution in [0.15, 0.2) is 36.4 Å². The molecule has 1 aromatic heterocycles. The highest BCUT2D eigenvalue weighted by atomic mass is 35.5. The Hall–Kier alpha value is -3.40. The van der Waals surface area contributed by atoms with Gasteiger partial charge in [0.25, 0.3) is 5.91 Å². The van der Waals surface area contributed by atoms with Crippen molar-refractivity contribution in [1.29, 1.82) is 0 Å². The Morgan fingerprint density at radius 2 is 1.71 bits per heavy atom. The van der Waals surface area contributed by atoms with Crippen LogP contribution in [0.4, 0.5) is 23.2 Å². The average molecular weight is 456 g/mol. The topological polar surface area (TPSA) is 73.2 Å². The van der Waals surface area contributed by atoms with E-state index in [2.05, 4.69) is 5.10 Å². The number of amides is 1. The lowest BCUT2D eigenvalue weighted by Crippen LogP contribution is -2.30. The Balaban J connectivity index is 1.76. The predicted molar refractivity (Wildman–Crippen MR) is 103 cm³/mol. The van der Waals surface area contributed by atoms with Crippen LogP contribution < -0.4 is 5.32 Å². The first-order valence-electron chi connectivity index (χ1n) is 8.76. The molecule has 3 aromatic rings. The zero-order chi connectivity index (χ0) is 22.9. The van der Waals surface area contributed by atoms with Crippen molar-refractivity contribution >= 4 is 29.2 Å². The number of rotatable bonds is 5. The zero-order valence-corrected chi connectivity index (χ0v) is 16.8. The number of nitrogens with one attached hydrogen (secondary N) is 1. The van der Waals surface area contributed by atoms with Crippen molar-refractivity contribution < 1.29 is 31.9 Å². The molecule has 1 atom stereocenters. The van der Waals surface area contributed by atoms with Gasteiger partial charge in [-0.2, -0.15) is 5.10 Å². The van der Waals surface area contributed by atoms with Crippen molar-refractivity contribution in [2.45, 2.75) is 20.0 Å². The number of carbonyl (C=O) groups is 2. The summed E-state index contributed by atoms with van der Waals surface area (Å²) >= 11 is 6.22. The summed E-state index contributed by atoms with van der Waals surface area (Å²) < 4.78 is 59.4. The third-order valence-corrected chi connectivity index (χ3v) is 4.57. The van der Waals surface area contributed by atoms with Crippen LogP contribution in [-0.4, -0.2) is 27.8 Å². The number of esters is 1. The molecule has 3 rings (SSSR count). The Bertz CT molecular complexity index is 1170. The largest absolute Gasteiger partial charge is 0.449 e. The van der Waals surface area contributed by atoms with Crippen LogP contribution in [0.25, 0.3) is 5.69 Å². The van der Waals surface area contributed by atoms with Gasteiger partial charge in [-0.15, -0.1) is 0 Å². The van der Waals surface area contributed by atoms with Gasteiger partial charge in [0.15, 0.2) is 23.6 Å². The molecule has 2 aromatic carbocycles. The molecule has 0 bridgehead atoms. The van der Waals surface area contributed by atoms with Crippen LogP contribution in [0.1, 0.15) is 23.0 Å². The fourth-order valence-corrected chi connectivity index (χ4v) is 2.96. The predicted octanol–water partition coefficient (Wildman–Crippen LogP) is 4.57. The molecular formula is C20H14ClF4N3O3. The highest BCUT2D eigenvalue weighted by molar-refractivity contribution is 6.33. The molecule has 0 fully saturated rings. The summed E-state index contributed by atoms with van der Waals surface area (Å²) in [5.74, 6) is -7.22. The molecule has 1 N–H and O–H groups in total. The Labute approximate surface area is 178 Å². The quantitative estimate of drug-likeness (QED) is 0.347. The molecule has 11 heteroatoms. The molecule has 0 aliphatic heterocycles. The monoisotopic (exact) mass is 455 g/mol. The summed E-state index contributed by atoms with van der Waals surface area (Å²) in [4.78, 5) is 24.7. The molecule has 6 nitrogen and oxygen atoms in total. The molecule has 0 saturated heterocycles. The minimum Gasteiger partial charge on any atom is -0.449 e. The number of hydrogen-bond acceptors (Lipinski definition) is 4. The number of carbonyl (C=O) groups excluding carboxylic acids is 2. The van der Waals surface area contributed by atoms with Crippen molar-refractivity contribution in [3.05, 3.63) is 76.1 Å². The number of anilines is 1. The minimum atomic E-state index is -1.75. The molecule has 0 aliphatic rings. The second-order valence-electron chi connectivity index (χ2n) is 6.40. The van der Waals surface area contributed by atoms with Crippen LogP contribution >= 0.6 is 11.6 Å². The van der Waals surface area contributed by atoms with E-state index < -0.39 is 46.9 Å². The van der Waals surface area contributed by atoms with E-state index in [1.54, 1.807) is 0 Å². The fraction of sp³-hybridized carbons (Fsp3) is 0.150. The summed E-state index contributed by atoms with van der Waals surface area (Å²) in [5.41, 5.74) is -0.193. The molecule has 1 amide bonds. The van der Waals surface area contributed by atoms with Crippen molar-refractivity contribution in [3.8, 4) is 5.69 Å². The van der Waals surface area contributed by atoms with Crippen LogP contribution in [0.3, 0.4) is 0 Å². The lowest BCUT2D eigenvalue weighted by atomic mass is 10.2. The van der Waals surface area contributed by atoms with Crippen LogP contribution in [0.5, 0.6) is 0 Å². The molecule has 0 saturated carbocycles. The summed E-state index contributed by atoms with van der Waals surface area (Å²) in [6.07, 6.45) is -1.44. The van der Waals surface area contributed by atoms with Gasteiger partial charge in [-0.1, -0.05) is 11.6 Å². The maximum absolute atomic E-state index is 13.7. The number of hydrogen-bond donors (Lipinski definition) is 1. The van der Waals surface area contributed by atoms with Gasteiger partial charge >= 0.3 is 5.97 Å². The Morgan fingerprint density at radius 3 is 2.35 bits per heavy atom. The first kappa shape index (κ1) is 22.3. The van der Waals surface area contributed by atoms with Crippen molar-refractivity contribution in [1.82, 2.24) is 9.78 Å². The highest BCUT2D eigenvalue weighted by Gasteiger charge is 2.27. The third kappa shape index (κ3) is 4.53. The smallest absolute Gasteiger partial charge is 0.344 e. The van der Waals surface area contributed by atoms with Gasteiger partial charge in [0.05, 0.1) is 17.1 Å². The molecule has 1 unspecified atom stereocenters. The van der Waals surface area contributed by atoms with Gasteiger partial charge < -0.3 is 10.1 Å². The number of benzene rings is 2. The summed E-state index contributed by atoms with van der Waals surface area (Å²) in [5, 5.41) is 6.00. The minimum absolute atomic E-state index is 0.131. The lowest BCUT2D eigenvalue weighted by molar-refractivity contribution is -0.123. The molecular weight excluding hydrogens is 442 g/mol. The average Bonchev–Trinajstić information content (AvgIpc) is 3.02. The van der Waals surface area contributed by atoms with E-state index in [-0.39, 0.29) is 16.4 Å². The van der Waals surface area contributed by atoms with Gasteiger partial charge in [-0.05, 0) is 50.2 Å². The number of ether oxygens (including phenoxy) is 1. The Morgan fingerprint density at radius 1 is 1.06 bits per heavy atom. The van der Waals surface area contributed by atoms with E-state index in [9.17, 15) is 27.2 Å². The molecule has 0 radical (unpaired) electrons. The van der Waals surface area contributed by atoms with Crippen LogP contribution in [0, 0.1) is 30.2 Å². The number of aromatic nitrogens is 2. The maximum atomic E-state index is 13.7. The third-order valence-electron chi connectivity index (χ3n) is 4.23. The first-order valence-corrected chi connectivity index (χ1v) is 9.14. The van der Waals surface area contributed by atoms with Gasteiger partial charge in [0, 0.05) is 0 Å². The number of aryl methyl sites for hydroxylation is 1. The molecule has 162 valence electrons. The van der Waals surface area contributed by atoms with E-state index in [4.69, 9.17) is 16.3 Å². The maximum Gasteiger partial charge on any atom is 0.344 e. The van der Waals surface area contributed by atoms with Crippen molar-refractivity contribution in [2.75, 3.05) is 5.32 Å². The summed E-state index contributed by atoms with van der Waals surface area (Å²) in [6, 6.07) is 6.63. The zero-order valence-electron chi connectivity index (χ0n) is 16.1. The van der Waals surface area contributed by atoms with Gasteiger partial charge in [-0.25, -0.2) is 27.0 Å². The second-order valence-corrected chi connectivity index (χ2v) is 6.76. The van der Waals surface area contributed by atoms with Crippen molar-refractivity contribution in [3.63, 3.8) is 0 Å². The molecule has 1 heterocycles. The number of nitrogens with zero attached hydrogens (tertiary/aromatic N) is 2. The lowest BCUT2D eigenvalue weighted by Gasteiger charge is -2.14. The van der Waals surface area contributed by atoms with Crippen LogP contribution in [0.2, 0.25) is 5.15 Å². The Kier molecular flexibility index (Phi) is 6.30. The molecule has 0 aliphatic carbocycles. The van der Waals surface area contributed by atoms with E-state index in [0.717, 1.165) is 6.07 Å². The normalized spacial score (nSPS) is 11.8. The van der Waals surface area contributed by atoms with E-state index in [1.807, 2.05) is 5.32 Å². The van der Waals surface area contributed by atoms with Gasteiger partial charge in [0.2, 0.25) is 0 Å². The highest BCUT2D eigenvalue weighted by Crippen LogP contribution is 2.25. The summed E-state index contributed by atoms with van der Waals surface area (Å²) in [6.45, 7) is 2.67. The van der Waals surface area contributed by atoms with Crippen LogP contribution in [-0.2, 0) is 9.53 Å². The number of halogens is 5. The first-order chi connectivity index (χ1) is 14.6. The molecule has 0 spiro atoms. The van der Waals surface area contributed by atoms with E-state index >= 15 is 0 Å². The second kappa shape index (κ2) is 8.76. The SMILES string of the molecule is Cc1nn(-c2ccc(F)cc2)c(Cl)c1C(=O)OC(C)C(=O)Nc1ccc(F)c(F)c1F. The van der Waals surface area contributed by atoms with Crippen molar-refractivity contribution in [2.24, 2.45) is 0 Å². The standard InChI is InChI=1S/C20H14ClF4N3O3/c1-9-15(18(21)28(27-9)12-5-3-11(22)4-6-12)20(30)31-10(2)19(29)26-14-8-7-13(23)16(24)17(14)25/h3-8,10H,1-2H3,(H,26,29). The summed E-state index contributed by atoms with van der Waals surface area (Å²) in [7, 11) is 0. The molecule has 31 heavy (non-hydrogen) atoms. The van der Waals surface area contributed by atoms with E-state index in [0.29, 0.717) is 11.8 Å². The fourth-order valence-electron chi connectivity index (χ4n) is 2.61.